The van der Waals surface area contributed by atoms with Crippen molar-refractivity contribution in [3.63, 3.8) is 0 Å². The van der Waals surface area contributed by atoms with Crippen LogP contribution < -0.4 is 0 Å². The SMILES string of the molecule is CCN=C(CBr)C(C)(C)CCl. The first kappa shape index (κ1) is 11.4. The monoisotopic (exact) mass is 239 g/mol. The Morgan fingerprint density at radius 1 is 1.55 bits per heavy atom. The fourth-order valence-corrected chi connectivity index (χ4v) is 1.80. The van der Waals surface area contributed by atoms with Crippen LogP contribution in [0.1, 0.15) is 20.8 Å². The van der Waals surface area contributed by atoms with Crippen molar-refractivity contribution in [3.8, 4) is 0 Å². The predicted octanol–water partition coefficient (Wildman–Crippen LogP) is 3.11. The number of alkyl halides is 2. The number of nitrogens with zero attached hydrogens (tertiary/aromatic N) is 1. The molecule has 0 unspecified atom stereocenters. The quantitative estimate of drug-likeness (QED) is 0.529. The minimum atomic E-state index is 0.0288. The molecule has 0 bridgehead atoms. The fraction of sp³-hybridized carbons (Fsp3) is 0.875. The van der Waals surface area contributed by atoms with Crippen molar-refractivity contribution in [3.05, 3.63) is 0 Å². The Morgan fingerprint density at radius 3 is 2.36 bits per heavy atom. The summed E-state index contributed by atoms with van der Waals surface area (Å²) in [6, 6.07) is 0. The number of halogens is 2. The Kier molecular flexibility index (Phi) is 5.36. The maximum Gasteiger partial charge on any atom is 0.0418 e. The first-order chi connectivity index (χ1) is 5.08. The summed E-state index contributed by atoms with van der Waals surface area (Å²) in [4.78, 5) is 4.37. The molecule has 0 heterocycles. The zero-order valence-electron chi connectivity index (χ0n) is 7.32. The smallest absolute Gasteiger partial charge is 0.0418 e. The Balaban J connectivity index is 4.36. The molecule has 0 aliphatic heterocycles. The summed E-state index contributed by atoms with van der Waals surface area (Å²) in [5.74, 6) is 0.622. The predicted molar refractivity (Wildman–Crippen MR) is 56.3 cm³/mol. The van der Waals surface area contributed by atoms with Gasteiger partial charge in [0.15, 0.2) is 0 Å². The number of aliphatic imine (C=N–C) groups is 1. The lowest BCUT2D eigenvalue weighted by molar-refractivity contribution is 0.595. The molecule has 0 aliphatic rings. The largest absolute Gasteiger partial charge is 0.293 e. The maximum absolute atomic E-state index is 5.80. The standard InChI is InChI=1S/C8H15BrClN/c1-4-11-7(5-9)8(2,3)6-10/h4-6H2,1-3H3. The first-order valence-corrected chi connectivity index (χ1v) is 5.39. The van der Waals surface area contributed by atoms with Gasteiger partial charge in [0.05, 0.1) is 0 Å². The molecule has 11 heavy (non-hydrogen) atoms. The summed E-state index contributed by atoms with van der Waals surface area (Å²) in [5.41, 5.74) is 1.18. The lowest BCUT2D eigenvalue weighted by Crippen LogP contribution is -2.27. The van der Waals surface area contributed by atoms with Crippen molar-refractivity contribution in [1.29, 1.82) is 0 Å². The van der Waals surface area contributed by atoms with E-state index in [0.29, 0.717) is 5.88 Å². The van der Waals surface area contributed by atoms with E-state index >= 15 is 0 Å². The average molecular weight is 241 g/mol. The Labute approximate surface area is 82.4 Å². The molecule has 0 aromatic carbocycles. The van der Waals surface area contributed by atoms with E-state index in [0.717, 1.165) is 17.6 Å². The molecule has 0 N–H and O–H groups in total. The van der Waals surface area contributed by atoms with Gasteiger partial charge in [-0.05, 0) is 6.92 Å². The van der Waals surface area contributed by atoms with Gasteiger partial charge >= 0.3 is 0 Å². The molecule has 0 aromatic heterocycles. The van der Waals surface area contributed by atoms with Crippen LogP contribution in [0.15, 0.2) is 4.99 Å². The molecule has 66 valence electrons. The maximum atomic E-state index is 5.80. The Hall–Kier alpha value is 0.440. The van der Waals surface area contributed by atoms with Crippen molar-refractivity contribution < 1.29 is 0 Å². The minimum absolute atomic E-state index is 0.0288. The third-order valence-corrected chi connectivity index (χ3v) is 2.79. The van der Waals surface area contributed by atoms with Crippen molar-refractivity contribution in [1.82, 2.24) is 0 Å². The molecule has 0 amide bonds. The van der Waals surface area contributed by atoms with E-state index in [1.807, 2.05) is 6.92 Å². The highest BCUT2D eigenvalue weighted by Crippen LogP contribution is 2.20. The summed E-state index contributed by atoms with van der Waals surface area (Å²) < 4.78 is 0. The van der Waals surface area contributed by atoms with Gasteiger partial charge in [0, 0.05) is 28.9 Å². The van der Waals surface area contributed by atoms with Gasteiger partial charge in [-0.1, -0.05) is 29.8 Å². The molecule has 1 nitrogen and oxygen atoms in total. The van der Waals surface area contributed by atoms with E-state index < -0.39 is 0 Å². The van der Waals surface area contributed by atoms with E-state index in [2.05, 4.69) is 34.8 Å². The van der Waals surface area contributed by atoms with Crippen LogP contribution in [0.3, 0.4) is 0 Å². The van der Waals surface area contributed by atoms with Crippen LogP contribution in [0.5, 0.6) is 0 Å². The molecule has 0 saturated heterocycles. The lowest BCUT2D eigenvalue weighted by Gasteiger charge is -2.22. The first-order valence-electron chi connectivity index (χ1n) is 3.74. The zero-order valence-corrected chi connectivity index (χ0v) is 9.67. The van der Waals surface area contributed by atoms with Crippen molar-refractivity contribution in [2.24, 2.45) is 10.4 Å². The second-order valence-corrected chi connectivity index (χ2v) is 3.90. The molecule has 0 saturated carbocycles. The van der Waals surface area contributed by atoms with Crippen LogP contribution in [0.25, 0.3) is 0 Å². The summed E-state index contributed by atoms with van der Waals surface area (Å²) in [6.07, 6.45) is 0. The van der Waals surface area contributed by atoms with Crippen molar-refractivity contribution in [2.75, 3.05) is 17.8 Å². The summed E-state index contributed by atoms with van der Waals surface area (Å²) in [7, 11) is 0. The second kappa shape index (κ2) is 5.15. The van der Waals surface area contributed by atoms with Crippen LogP contribution in [-0.4, -0.2) is 23.5 Å². The Bertz CT molecular complexity index is 143. The highest BCUT2D eigenvalue weighted by atomic mass is 79.9. The Morgan fingerprint density at radius 2 is 2.09 bits per heavy atom. The van der Waals surface area contributed by atoms with Gasteiger partial charge in [0.25, 0.3) is 0 Å². The van der Waals surface area contributed by atoms with Gasteiger partial charge in [0.2, 0.25) is 0 Å². The van der Waals surface area contributed by atoms with Gasteiger partial charge in [0.1, 0.15) is 0 Å². The summed E-state index contributed by atoms with van der Waals surface area (Å²) >= 11 is 9.20. The topological polar surface area (TPSA) is 12.4 Å². The fourth-order valence-electron chi connectivity index (χ4n) is 0.705. The summed E-state index contributed by atoms with van der Waals surface area (Å²) in [5, 5.41) is 0.820. The molecule has 0 radical (unpaired) electrons. The van der Waals surface area contributed by atoms with Crippen LogP contribution in [0, 0.1) is 5.41 Å². The zero-order chi connectivity index (χ0) is 8.91. The number of hydrogen-bond donors (Lipinski definition) is 0. The molecule has 0 rings (SSSR count). The number of hydrogen-bond acceptors (Lipinski definition) is 1. The van der Waals surface area contributed by atoms with Gasteiger partial charge < -0.3 is 0 Å². The normalized spacial score (nSPS) is 13.7. The minimum Gasteiger partial charge on any atom is -0.293 e. The molecule has 0 fully saturated rings. The average Bonchev–Trinajstić information content (AvgIpc) is 2.00. The van der Waals surface area contributed by atoms with E-state index in [1.54, 1.807) is 0 Å². The third-order valence-electron chi connectivity index (χ3n) is 1.59. The van der Waals surface area contributed by atoms with E-state index in [-0.39, 0.29) is 5.41 Å². The van der Waals surface area contributed by atoms with Crippen molar-refractivity contribution >= 4 is 33.2 Å². The molecule has 0 atom stereocenters. The van der Waals surface area contributed by atoms with Gasteiger partial charge in [-0.3, -0.25) is 4.99 Å². The van der Waals surface area contributed by atoms with Crippen molar-refractivity contribution in [2.45, 2.75) is 20.8 Å². The molecule has 3 heteroatoms. The molecule has 0 aliphatic carbocycles. The second-order valence-electron chi connectivity index (χ2n) is 3.07. The van der Waals surface area contributed by atoms with E-state index in [4.69, 9.17) is 11.6 Å². The lowest BCUT2D eigenvalue weighted by atomic mass is 9.91. The molecule has 0 aromatic rings. The highest BCUT2D eigenvalue weighted by Gasteiger charge is 2.22. The summed E-state index contributed by atoms with van der Waals surface area (Å²) in [6.45, 7) is 7.08. The molecular formula is C8H15BrClN. The van der Waals surface area contributed by atoms with Gasteiger partial charge in [-0.25, -0.2) is 0 Å². The number of rotatable bonds is 4. The van der Waals surface area contributed by atoms with E-state index in [9.17, 15) is 0 Å². The van der Waals surface area contributed by atoms with Gasteiger partial charge in [-0.2, -0.15) is 0 Å². The van der Waals surface area contributed by atoms with Crippen LogP contribution in [0.2, 0.25) is 0 Å². The van der Waals surface area contributed by atoms with Gasteiger partial charge in [-0.15, -0.1) is 11.6 Å². The molecular weight excluding hydrogens is 225 g/mol. The van der Waals surface area contributed by atoms with Crippen LogP contribution in [0.4, 0.5) is 0 Å². The van der Waals surface area contributed by atoms with E-state index in [1.165, 1.54) is 0 Å². The van der Waals surface area contributed by atoms with Crippen LogP contribution >= 0.6 is 27.5 Å². The third kappa shape index (κ3) is 3.57. The highest BCUT2D eigenvalue weighted by molar-refractivity contribution is 9.09. The molecule has 0 spiro atoms. The van der Waals surface area contributed by atoms with Crippen LogP contribution in [-0.2, 0) is 0 Å².